The summed E-state index contributed by atoms with van der Waals surface area (Å²) in [4.78, 5) is 40.0. The quantitative estimate of drug-likeness (QED) is 0.248. The zero-order chi connectivity index (χ0) is 32.2. The van der Waals surface area contributed by atoms with Crippen LogP contribution in [0.1, 0.15) is 28.8 Å². The van der Waals surface area contributed by atoms with Gasteiger partial charge in [-0.25, -0.2) is 13.2 Å². The molecule has 48 heavy (non-hydrogen) atoms. The molecule has 0 saturated carbocycles. The number of piperidine rings is 1. The van der Waals surface area contributed by atoms with Gasteiger partial charge in [0.1, 0.15) is 4.90 Å². The van der Waals surface area contributed by atoms with Crippen LogP contribution in [0.2, 0.25) is 5.02 Å². The minimum atomic E-state index is -4.53. The highest BCUT2D eigenvalue weighted by molar-refractivity contribution is 7.93. The number of carbonyl (C=O) groups excluding carboxylic acids is 2. The standard InChI is InChI=1S/C33H34ClN5O5S2.2ClH/c1-22-12-20-45-30(22)33(44-32(41)38-14-10-25(11-15-38)37-18-16-36(2)17-19-37)26-21-24(34)8-9-27(26)39(31(33)40)46(42,43)28-7-3-5-23-6-4-13-35-29(23)28;;/h3-9,12-13,20-21,25H,10-11,14-19H2,1-2H3;2*1H. The van der Waals surface area contributed by atoms with Crippen molar-refractivity contribution in [3.63, 3.8) is 0 Å². The number of amides is 2. The van der Waals surface area contributed by atoms with E-state index in [4.69, 9.17) is 16.3 Å². The Kier molecular flexibility index (Phi) is 10.7. The molecule has 0 bridgehead atoms. The Morgan fingerprint density at radius 1 is 1.00 bits per heavy atom. The number of piperazine rings is 1. The van der Waals surface area contributed by atoms with Crippen LogP contribution in [0.3, 0.4) is 0 Å². The number of benzene rings is 2. The second-order valence-corrected chi connectivity index (χ2v) is 15.2. The number of carbonyl (C=O) groups is 2. The van der Waals surface area contributed by atoms with E-state index in [0.717, 1.165) is 43.3 Å². The molecule has 1 atom stereocenters. The molecule has 256 valence electrons. The highest BCUT2D eigenvalue weighted by atomic mass is 35.5. The van der Waals surface area contributed by atoms with Crippen molar-refractivity contribution in [3.05, 3.63) is 87.2 Å². The second kappa shape index (κ2) is 14.1. The van der Waals surface area contributed by atoms with Gasteiger partial charge in [0.25, 0.3) is 21.5 Å². The molecule has 1 unspecified atom stereocenters. The molecule has 15 heteroatoms. The Morgan fingerprint density at radius 2 is 1.71 bits per heavy atom. The van der Waals surface area contributed by atoms with E-state index in [1.165, 1.54) is 41.8 Å². The fourth-order valence-corrected chi connectivity index (χ4v) is 9.72. The number of sulfonamides is 1. The van der Waals surface area contributed by atoms with Gasteiger partial charge in [0, 0.05) is 67.5 Å². The molecule has 7 rings (SSSR count). The van der Waals surface area contributed by atoms with Crippen LogP contribution in [0.25, 0.3) is 10.9 Å². The van der Waals surface area contributed by atoms with E-state index < -0.39 is 27.6 Å². The van der Waals surface area contributed by atoms with Crippen molar-refractivity contribution in [1.29, 1.82) is 0 Å². The third-order valence-electron chi connectivity index (χ3n) is 9.36. The molecule has 0 N–H and O–H groups in total. The number of pyridine rings is 1. The first-order valence-corrected chi connectivity index (χ1v) is 18.0. The van der Waals surface area contributed by atoms with Crippen molar-refractivity contribution < 1.29 is 22.7 Å². The molecule has 5 heterocycles. The fraction of sp³-hybridized carbons (Fsp3) is 0.364. The van der Waals surface area contributed by atoms with E-state index in [-0.39, 0.29) is 51.5 Å². The maximum Gasteiger partial charge on any atom is 0.411 e. The normalized spacial score (nSPS) is 20.7. The van der Waals surface area contributed by atoms with Crippen molar-refractivity contribution in [2.24, 2.45) is 0 Å². The van der Waals surface area contributed by atoms with E-state index in [0.29, 0.717) is 35.0 Å². The van der Waals surface area contributed by atoms with Crippen molar-refractivity contribution in [1.82, 2.24) is 19.7 Å². The summed E-state index contributed by atoms with van der Waals surface area (Å²) in [6.45, 7) is 6.77. The molecular weight excluding hydrogens is 717 g/mol. The molecule has 0 spiro atoms. The monoisotopic (exact) mass is 751 g/mol. The predicted molar refractivity (Wildman–Crippen MR) is 192 cm³/mol. The van der Waals surface area contributed by atoms with Crippen molar-refractivity contribution in [2.45, 2.75) is 36.3 Å². The molecule has 3 aliphatic heterocycles. The molecule has 2 fully saturated rings. The minimum Gasteiger partial charge on any atom is -0.422 e. The summed E-state index contributed by atoms with van der Waals surface area (Å²) in [6.07, 6.45) is 2.41. The number of nitrogens with zero attached hydrogens (tertiary/aromatic N) is 5. The number of hydrogen-bond acceptors (Lipinski definition) is 9. The van der Waals surface area contributed by atoms with Gasteiger partial charge in [-0.15, -0.1) is 36.2 Å². The number of ether oxygens (including phenoxy) is 1. The molecule has 3 aliphatic rings. The molecule has 2 aromatic heterocycles. The summed E-state index contributed by atoms with van der Waals surface area (Å²) in [5, 5.41) is 2.68. The van der Waals surface area contributed by atoms with E-state index in [9.17, 15) is 18.0 Å². The van der Waals surface area contributed by atoms with Crippen LogP contribution >= 0.6 is 47.8 Å². The lowest BCUT2D eigenvalue weighted by Gasteiger charge is -2.42. The lowest BCUT2D eigenvalue weighted by atomic mass is 9.91. The van der Waals surface area contributed by atoms with Gasteiger partial charge in [0.05, 0.1) is 16.1 Å². The van der Waals surface area contributed by atoms with Gasteiger partial charge in [-0.05, 0) is 74.2 Å². The number of aromatic nitrogens is 1. The summed E-state index contributed by atoms with van der Waals surface area (Å²) in [6, 6.07) is 15.0. The number of para-hydroxylation sites is 1. The molecular formula is C33H36Cl3N5O5S2. The lowest BCUT2D eigenvalue weighted by Crippen LogP contribution is -2.54. The first-order chi connectivity index (χ1) is 22.1. The number of rotatable bonds is 5. The zero-order valence-corrected chi connectivity index (χ0v) is 30.4. The van der Waals surface area contributed by atoms with Crippen LogP contribution in [-0.2, 0) is 25.2 Å². The number of anilines is 1. The molecule has 2 aromatic carbocycles. The molecule has 2 amide bonds. The fourth-order valence-electron chi connectivity index (χ4n) is 6.85. The first kappa shape index (κ1) is 36.3. The smallest absolute Gasteiger partial charge is 0.411 e. The number of thiophene rings is 1. The van der Waals surface area contributed by atoms with Crippen LogP contribution < -0.4 is 4.31 Å². The Labute approximate surface area is 301 Å². The highest BCUT2D eigenvalue weighted by Gasteiger charge is 2.61. The van der Waals surface area contributed by atoms with Gasteiger partial charge in [0.2, 0.25) is 0 Å². The van der Waals surface area contributed by atoms with Gasteiger partial charge in [0.15, 0.2) is 0 Å². The zero-order valence-electron chi connectivity index (χ0n) is 26.4. The van der Waals surface area contributed by atoms with E-state index in [2.05, 4.69) is 21.8 Å². The van der Waals surface area contributed by atoms with Crippen molar-refractivity contribution in [2.75, 3.05) is 50.6 Å². The average Bonchev–Trinajstić information content (AvgIpc) is 3.59. The van der Waals surface area contributed by atoms with Crippen LogP contribution in [0.4, 0.5) is 10.5 Å². The molecule has 0 radical (unpaired) electrons. The molecule has 0 aliphatic carbocycles. The largest absolute Gasteiger partial charge is 0.422 e. The summed E-state index contributed by atoms with van der Waals surface area (Å²) >= 11 is 7.73. The number of fused-ring (bicyclic) bond motifs is 2. The van der Waals surface area contributed by atoms with Gasteiger partial charge in [-0.1, -0.05) is 29.8 Å². The molecule has 4 aromatic rings. The highest BCUT2D eigenvalue weighted by Crippen LogP contribution is 2.52. The summed E-state index contributed by atoms with van der Waals surface area (Å²) in [7, 11) is -2.40. The number of halogens is 3. The van der Waals surface area contributed by atoms with Gasteiger partial charge < -0.3 is 14.5 Å². The van der Waals surface area contributed by atoms with Crippen LogP contribution in [0.5, 0.6) is 0 Å². The molecule has 10 nitrogen and oxygen atoms in total. The number of likely N-dealkylation sites (tertiary alicyclic amines) is 1. The van der Waals surface area contributed by atoms with E-state index in [1.54, 1.807) is 34.5 Å². The van der Waals surface area contributed by atoms with E-state index >= 15 is 0 Å². The summed E-state index contributed by atoms with van der Waals surface area (Å²) in [5.74, 6) is -0.899. The summed E-state index contributed by atoms with van der Waals surface area (Å²) < 4.78 is 36.1. The average molecular weight is 753 g/mol. The van der Waals surface area contributed by atoms with Crippen LogP contribution in [-0.4, -0.2) is 92.5 Å². The molecule has 2 saturated heterocycles. The SMILES string of the molecule is Cc1ccsc1C1(OC(=O)N2CCC(N3CCN(C)CC3)CC2)C(=O)N(S(=O)(=O)c2cccc3cccnc23)c2ccc(Cl)cc21.Cl.Cl. The van der Waals surface area contributed by atoms with Crippen LogP contribution in [0, 0.1) is 6.92 Å². The maximum absolute atomic E-state index is 14.9. The Hall–Kier alpha value is -2.97. The Bertz CT molecular complexity index is 1940. The second-order valence-electron chi connectivity index (χ2n) is 12.1. The minimum absolute atomic E-state index is 0. The first-order valence-electron chi connectivity index (χ1n) is 15.3. The van der Waals surface area contributed by atoms with Gasteiger partial charge in [-0.3, -0.25) is 14.7 Å². The topological polar surface area (TPSA) is 103 Å². The van der Waals surface area contributed by atoms with Gasteiger partial charge in [-0.2, -0.15) is 4.31 Å². The van der Waals surface area contributed by atoms with Crippen LogP contribution in [0.15, 0.2) is 71.1 Å². The number of hydrogen-bond donors (Lipinski definition) is 0. The predicted octanol–water partition coefficient (Wildman–Crippen LogP) is 5.93. The summed E-state index contributed by atoms with van der Waals surface area (Å²) in [5.41, 5.74) is -0.852. The third-order valence-corrected chi connectivity index (χ3v) is 12.4. The van der Waals surface area contributed by atoms with Gasteiger partial charge >= 0.3 is 6.09 Å². The number of aryl methyl sites for hydroxylation is 1. The van der Waals surface area contributed by atoms with Crippen molar-refractivity contribution >= 4 is 86.4 Å². The number of likely N-dealkylation sites (N-methyl/N-ethyl adjacent to an activating group) is 1. The Morgan fingerprint density at radius 3 is 2.40 bits per heavy atom. The van der Waals surface area contributed by atoms with Crippen molar-refractivity contribution in [3.8, 4) is 0 Å². The maximum atomic E-state index is 14.9. The van der Waals surface area contributed by atoms with E-state index in [1.807, 2.05) is 13.0 Å². The Balaban J connectivity index is 0.00000225. The lowest BCUT2D eigenvalue weighted by molar-refractivity contribution is -0.132. The third kappa shape index (κ3) is 6.06.